The minimum absolute atomic E-state index is 0.00185. The fraction of sp³-hybridized carbons (Fsp3) is 0.364. The zero-order chi connectivity index (χ0) is 13.2. The molecule has 0 aliphatic rings. The van der Waals surface area contributed by atoms with Crippen LogP contribution in [-0.4, -0.2) is 17.1 Å². The van der Waals surface area contributed by atoms with Gasteiger partial charge in [0.1, 0.15) is 0 Å². The molecular weight excluding hydrogens is 235 g/mol. The second kappa shape index (κ2) is 5.07. The molecule has 0 radical (unpaired) electrons. The van der Waals surface area contributed by atoms with E-state index in [0.29, 0.717) is 0 Å². The number of carboxylic acid groups (broad SMARTS) is 1. The van der Waals surface area contributed by atoms with E-state index in [9.17, 15) is 18.0 Å². The van der Waals surface area contributed by atoms with E-state index in [1.807, 2.05) is 0 Å². The molecule has 0 amide bonds. The summed E-state index contributed by atoms with van der Waals surface area (Å²) in [5.41, 5.74) is 0.00185. The average Bonchev–Trinajstić information content (AvgIpc) is 2.24. The molecule has 0 fully saturated rings. The third kappa shape index (κ3) is 3.12. The molecular formula is C11H12F3NO2. The number of anilines is 1. The lowest BCUT2D eigenvalue weighted by Gasteiger charge is -2.19. The van der Waals surface area contributed by atoms with Crippen LogP contribution in [0.25, 0.3) is 0 Å². The van der Waals surface area contributed by atoms with E-state index >= 15 is 0 Å². The topological polar surface area (TPSA) is 49.3 Å². The normalized spacial score (nSPS) is 14.2. The number of carbonyl (C=O) groups is 1. The fourth-order valence-corrected chi connectivity index (χ4v) is 1.24. The van der Waals surface area contributed by atoms with Crippen LogP contribution < -0.4 is 5.32 Å². The van der Waals surface area contributed by atoms with Crippen LogP contribution in [0.4, 0.5) is 18.9 Å². The molecule has 3 nitrogen and oxygen atoms in total. The van der Waals surface area contributed by atoms with Gasteiger partial charge in [-0.05, 0) is 13.8 Å². The maximum atomic E-state index is 12.9. The molecule has 0 spiro atoms. The zero-order valence-corrected chi connectivity index (χ0v) is 9.30. The Bertz CT molecular complexity index is 414. The Morgan fingerprint density at radius 3 is 2.12 bits per heavy atom. The van der Waals surface area contributed by atoms with E-state index in [0.717, 1.165) is 12.1 Å². The number of rotatable bonds is 4. The number of hydrogen-bond acceptors (Lipinski definition) is 2. The van der Waals surface area contributed by atoms with Gasteiger partial charge in [0, 0.05) is 23.9 Å². The van der Waals surface area contributed by atoms with Gasteiger partial charge in [0.25, 0.3) is 0 Å². The second-order valence-electron chi connectivity index (χ2n) is 3.81. The molecule has 0 bridgehead atoms. The third-order valence-electron chi connectivity index (χ3n) is 2.52. The lowest BCUT2D eigenvalue weighted by Crippen LogP contribution is -2.29. The molecule has 1 aromatic carbocycles. The van der Waals surface area contributed by atoms with E-state index < -0.39 is 35.4 Å². The number of nitrogens with one attached hydrogen (secondary N) is 1. The smallest absolute Gasteiger partial charge is 0.308 e. The van der Waals surface area contributed by atoms with Gasteiger partial charge in [0.15, 0.2) is 17.5 Å². The molecule has 0 heterocycles. The summed E-state index contributed by atoms with van der Waals surface area (Å²) in [4.78, 5) is 10.7. The monoisotopic (exact) mass is 247 g/mol. The van der Waals surface area contributed by atoms with Crippen LogP contribution in [0.3, 0.4) is 0 Å². The van der Waals surface area contributed by atoms with Crippen LogP contribution in [0.5, 0.6) is 0 Å². The van der Waals surface area contributed by atoms with Crippen molar-refractivity contribution in [3.8, 4) is 0 Å². The number of carboxylic acids is 1. The van der Waals surface area contributed by atoms with Crippen LogP contribution >= 0.6 is 0 Å². The predicted octanol–water partition coefficient (Wildman–Crippen LogP) is 2.62. The van der Waals surface area contributed by atoms with Crippen molar-refractivity contribution in [1.29, 1.82) is 0 Å². The Hall–Kier alpha value is -1.72. The highest BCUT2D eigenvalue weighted by Crippen LogP contribution is 2.19. The maximum Gasteiger partial charge on any atom is 0.308 e. The molecule has 0 aromatic heterocycles. The lowest BCUT2D eigenvalue weighted by atomic mass is 10.0. The molecule has 0 saturated heterocycles. The maximum absolute atomic E-state index is 12.9. The van der Waals surface area contributed by atoms with Crippen LogP contribution in [0, 0.1) is 23.4 Å². The quantitative estimate of drug-likeness (QED) is 0.804. The molecule has 0 saturated carbocycles. The van der Waals surface area contributed by atoms with E-state index in [1.54, 1.807) is 6.92 Å². The Balaban J connectivity index is 2.86. The Labute approximate surface area is 96.3 Å². The standard InChI is InChI=1S/C11H12F3NO2/c1-5(11(16)17)6(2)15-7-3-8(12)10(14)9(13)4-7/h3-6,15H,1-2H3,(H,16,17). The summed E-state index contributed by atoms with van der Waals surface area (Å²) in [6.07, 6.45) is 0. The van der Waals surface area contributed by atoms with Gasteiger partial charge in [-0.15, -0.1) is 0 Å². The fourth-order valence-electron chi connectivity index (χ4n) is 1.24. The zero-order valence-electron chi connectivity index (χ0n) is 9.30. The first kappa shape index (κ1) is 13.3. The van der Waals surface area contributed by atoms with Crippen molar-refractivity contribution in [3.63, 3.8) is 0 Å². The van der Waals surface area contributed by atoms with Gasteiger partial charge in [-0.1, -0.05) is 0 Å². The minimum Gasteiger partial charge on any atom is -0.481 e. The number of benzene rings is 1. The van der Waals surface area contributed by atoms with Gasteiger partial charge in [-0.25, -0.2) is 13.2 Å². The van der Waals surface area contributed by atoms with Gasteiger partial charge in [0.05, 0.1) is 5.92 Å². The van der Waals surface area contributed by atoms with Crippen molar-refractivity contribution >= 4 is 11.7 Å². The number of halogens is 3. The van der Waals surface area contributed by atoms with E-state index in [1.165, 1.54) is 6.92 Å². The summed E-state index contributed by atoms with van der Waals surface area (Å²) >= 11 is 0. The summed E-state index contributed by atoms with van der Waals surface area (Å²) in [5, 5.41) is 11.3. The minimum atomic E-state index is -1.55. The van der Waals surface area contributed by atoms with Gasteiger partial charge in [-0.2, -0.15) is 0 Å². The van der Waals surface area contributed by atoms with Crippen LogP contribution in [0.1, 0.15) is 13.8 Å². The summed E-state index contributed by atoms with van der Waals surface area (Å²) in [6.45, 7) is 3.01. The number of hydrogen-bond donors (Lipinski definition) is 2. The lowest BCUT2D eigenvalue weighted by molar-refractivity contribution is -0.141. The predicted molar refractivity (Wildman–Crippen MR) is 56.2 cm³/mol. The molecule has 17 heavy (non-hydrogen) atoms. The summed E-state index contributed by atoms with van der Waals surface area (Å²) in [7, 11) is 0. The first-order chi connectivity index (χ1) is 7.82. The van der Waals surface area contributed by atoms with Crippen LogP contribution in [0.2, 0.25) is 0 Å². The molecule has 2 N–H and O–H groups in total. The Morgan fingerprint density at radius 1 is 1.24 bits per heavy atom. The Kier molecular flexibility index (Phi) is 3.98. The third-order valence-corrected chi connectivity index (χ3v) is 2.52. The molecule has 0 aliphatic heterocycles. The van der Waals surface area contributed by atoms with E-state index in [-0.39, 0.29) is 5.69 Å². The SMILES string of the molecule is CC(Nc1cc(F)c(F)c(F)c1)C(C)C(=O)O. The van der Waals surface area contributed by atoms with Gasteiger partial charge in [0.2, 0.25) is 0 Å². The molecule has 0 aliphatic carbocycles. The van der Waals surface area contributed by atoms with Crippen molar-refractivity contribution in [1.82, 2.24) is 0 Å². The summed E-state index contributed by atoms with van der Waals surface area (Å²) in [6, 6.07) is 1.02. The summed E-state index contributed by atoms with van der Waals surface area (Å²) in [5.74, 6) is -5.96. The van der Waals surface area contributed by atoms with Crippen molar-refractivity contribution in [2.45, 2.75) is 19.9 Å². The molecule has 6 heteroatoms. The summed E-state index contributed by atoms with van der Waals surface area (Å²) < 4.78 is 38.4. The van der Waals surface area contributed by atoms with Crippen molar-refractivity contribution < 1.29 is 23.1 Å². The van der Waals surface area contributed by atoms with E-state index in [4.69, 9.17) is 5.11 Å². The van der Waals surface area contributed by atoms with Crippen LogP contribution in [0.15, 0.2) is 12.1 Å². The van der Waals surface area contributed by atoms with Crippen molar-refractivity contribution in [3.05, 3.63) is 29.6 Å². The molecule has 2 atom stereocenters. The second-order valence-corrected chi connectivity index (χ2v) is 3.81. The van der Waals surface area contributed by atoms with Crippen molar-refractivity contribution in [2.24, 2.45) is 5.92 Å². The largest absolute Gasteiger partial charge is 0.481 e. The van der Waals surface area contributed by atoms with Gasteiger partial charge in [-0.3, -0.25) is 4.79 Å². The first-order valence-electron chi connectivity index (χ1n) is 4.96. The first-order valence-corrected chi connectivity index (χ1v) is 4.96. The highest BCUT2D eigenvalue weighted by Gasteiger charge is 2.20. The molecule has 94 valence electrons. The Morgan fingerprint density at radius 2 is 1.71 bits per heavy atom. The number of aliphatic carboxylic acids is 1. The van der Waals surface area contributed by atoms with Gasteiger partial charge < -0.3 is 10.4 Å². The van der Waals surface area contributed by atoms with Crippen LogP contribution in [-0.2, 0) is 4.79 Å². The molecule has 1 aromatic rings. The van der Waals surface area contributed by atoms with Crippen molar-refractivity contribution in [2.75, 3.05) is 5.32 Å². The van der Waals surface area contributed by atoms with Gasteiger partial charge >= 0.3 is 5.97 Å². The highest BCUT2D eigenvalue weighted by atomic mass is 19.2. The average molecular weight is 247 g/mol. The highest BCUT2D eigenvalue weighted by molar-refractivity contribution is 5.71. The molecule has 1 rings (SSSR count). The van der Waals surface area contributed by atoms with E-state index in [2.05, 4.69) is 5.32 Å². The molecule has 2 unspecified atom stereocenters.